The van der Waals surface area contributed by atoms with Gasteiger partial charge in [0.2, 0.25) is 0 Å². The van der Waals surface area contributed by atoms with E-state index in [1.807, 2.05) is 50.2 Å². The Labute approximate surface area is 164 Å². The summed E-state index contributed by atoms with van der Waals surface area (Å²) in [6, 6.07) is 21.7. The fourth-order valence-corrected chi connectivity index (χ4v) is 2.65. The minimum absolute atomic E-state index is 0.0726. The first kappa shape index (κ1) is 19.2. The molecule has 0 atom stereocenters. The molecule has 0 heterocycles. The van der Waals surface area contributed by atoms with E-state index in [1.165, 1.54) is 0 Å². The van der Waals surface area contributed by atoms with E-state index >= 15 is 0 Å². The van der Waals surface area contributed by atoms with Crippen molar-refractivity contribution in [3.8, 4) is 5.75 Å². The predicted octanol–water partition coefficient (Wildman–Crippen LogP) is 4.57. The fourth-order valence-electron chi connectivity index (χ4n) is 2.65. The first-order valence-electron chi connectivity index (χ1n) is 8.98. The van der Waals surface area contributed by atoms with Gasteiger partial charge in [0.25, 0.3) is 11.8 Å². The molecule has 0 radical (unpaired) electrons. The van der Waals surface area contributed by atoms with Crippen LogP contribution in [0.25, 0.3) is 0 Å². The zero-order valence-electron chi connectivity index (χ0n) is 15.9. The third-order valence-corrected chi connectivity index (χ3v) is 4.38. The fraction of sp³-hybridized carbons (Fsp3) is 0.130. The monoisotopic (exact) mass is 374 g/mol. The van der Waals surface area contributed by atoms with Crippen molar-refractivity contribution in [3.63, 3.8) is 0 Å². The second kappa shape index (κ2) is 8.86. The minimum Gasteiger partial charge on any atom is -0.483 e. The van der Waals surface area contributed by atoms with Gasteiger partial charge < -0.3 is 15.4 Å². The molecule has 28 heavy (non-hydrogen) atoms. The van der Waals surface area contributed by atoms with Crippen molar-refractivity contribution < 1.29 is 14.3 Å². The van der Waals surface area contributed by atoms with Gasteiger partial charge in [-0.2, -0.15) is 0 Å². The highest BCUT2D eigenvalue weighted by Crippen LogP contribution is 2.20. The lowest BCUT2D eigenvalue weighted by Gasteiger charge is -2.11. The lowest BCUT2D eigenvalue weighted by Crippen LogP contribution is -2.20. The molecule has 0 spiro atoms. The second-order valence-electron chi connectivity index (χ2n) is 6.43. The summed E-state index contributed by atoms with van der Waals surface area (Å²) in [5.41, 5.74) is 4.01. The van der Waals surface area contributed by atoms with Gasteiger partial charge in [0, 0.05) is 16.9 Å². The van der Waals surface area contributed by atoms with E-state index in [2.05, 4.69) is 10.6 Å². The van der Waals surface area contributed by atoms with Crippen LogP contribution < -0.4 is 15.4 Å². The molecule has 0 bridgehead atoms. The first-order valence-corrected chi connectivity index (χ1v) is 8.98. The number of hydrogen-bond acceptors (Lipinski definition) is 3. The lowest BCUT2D eigenvalue weighted by atomic mass is 10.1. The molecule has 3 rings (SSSR count). The van der Waals surface area contributed by atoms with Crippen LogP contribution in [0.4, 0.5) is 11.4 Å². The van der Waals surface area contributed by atoms with Crippen LogP contribution in [0.1, 0.15) is 21.5 Å². The van der Waals surface area contributed by atoms with Crippen molar-refractivity contribution in [2.75, 3.05) is 17.2 Å². The number of hydrogen-bond donors (Lipinski definition) is 2. The maximum atomic E-state index is 12.2. The van der Waals surface area contributed by atoms with Crippen LogP contribution in [0, 0.1) is 13.8 Å². The molecule has 2 amide bonds. The number of carbonyl (C=O) groups excluding carboxylic acids is 2. The summed E-state index contributed by atoms with van der Waals surface area (Å²) in [5.74, 6) is 0.274. The summed E-state index contributed by atoms with van der Waals surface area (Å²) in [7, 11) is 0. The van der Waals surface area contributed by atoms with Gasteiger partial charge in [-0.15, -0.1) is 0 Å². The van der Waals surface area contributed by atoms with Gasteiger partial charge in [-0.05, 0) is 67.4 Å². The number of aryl methyl sites for hydroxylation is 1. The standard InChI is InChI=1S/C23H22N2O3/c1-16-7-6-10-21(17(16)2)28-15-22(26)24-19-11-13-20(14-12-19)25-23(27)18-8-4-3-5-9-18/h3-14H,15H2,1-2H3,(H,24,26)(H,25,27). The summed E-state index contributed by atoms with van der Waals surface area (Å²) >= 11 is 0. The summed E-state index contributed by atoms with van der Waals surface area (Å²) in [6.45, 7) is 3.89. The molecule has 5 heteroatoms. The van der Waals surface area contributed by atoms with Crippen molar-refractivity contribution >= 4 is 23.2 Å². The molecular formula is C23H22N2O3. The van der Waals surface area contributed by atoms with Crippen molar-refractivity contribution in [1.29, 1.82) is 0 Å². The van der Waals surface area contributed by atoms with Crippen molar-refractivity contribution in [2.45, 2.75) is 13.8 Å². The van der Waals surface area contributed by atoms with Crippen LogP contribution in [0.5, 0.6) is 5.75 Å². The highest BCUT2D eigenvalue weighted by Gasteiger charge is 2.08. The quantitative estimate of drug-likeness (QED) is 0.664. The molecule has 2 N–H and O–H groups in total. The molecule has 0 unspecified atom stereocenters. The first-order chi connectivity index (χ1) is 13.5. The predicted molar refractivity (Wildman–Crippen MR) is 111 cm³/mol. The van der Waals surface area contributed by atoms with Crippen LogP contribution in [0.15, 0.2) is 72.8 Å². The number of anilines is 2. The number of benzene rings is 3. The van der Waals surface area contributed by atoms with E-state index in [0.29, 0.717) is 22.7 Å². The van der Waals surface area contributed by atoms with Crippen LogP contribution in [0.2, 0.25) is 0 Å². The van der Waals surface area contributed by atoms with Gasteiger partial charge in [-0.3, -0.25) is 9.59 Å². The Morgan fingerprint density at radius 1 is 0.786 bits per heavy atom. The van der Waals surface area contributed by atoms with E-state index in [0.717, 1.165) is 11.1 Å². The summed E-state index contributed by atoms with van der Waals surface area (Å²) in [4.78, 5) is 24.3. The summed E-state index contributed by atoms with van der Waals surface area (Å²) in [5, 5.41) is 5.60. The number of ether oxygens (including phenoxy) is 1. The minimum atomic E-state index is -0.248. The zero-order valence-corrected chi connectivity index (χ0v) is 15.9. The molecule has 142 valence electrons. The maximum absolute atomic E-state index is 12.2. The normalized spacial score (nSPS) is 10.2. The number of carbonyl (C=O) groups is 2. The van der Waals surface area contributed by atoms with Gasteiger partial charge in [0.1, 0.15) is 5.75 Å². The Bertz CT molecular complexity index is 967. The van der Waals surface area contributed by atoms with E-state index in [1.54, 1.807) is 36.4 Å². The third-order valence-electron chi connectivity index (χ3n) is 4.38. The molecule has 0 aliphatic rings. The van der Waals surface area contributed by atoms with E-state index < -0.39 is 0 Å². The Morgan fingerprint density at radius 3 is 2.11 bits per heavy atom. The molecule has 0 fully saturated rings. The largest absolute Gasteiger partial charge is 0.483 e. The molecule has 3 aromatic rings. The Kier molecular flexibility index (Phi) is 6.07. The van der Waals surface area contributed by atoms with Crippen LogP contribution in [0.3, 0.4) is 0 Å². The van der Waals surface area contributed by atoms with E-state index in [-0.39, 0.29) is 18.4 Å². The number of rotatable bonds is 6. The van der Waals surface area contributed by atoms with Gasteiger partial charge in [0.05, 0.1) is 0 Å². The topological polar surface area (TPSA) is 67.4 Å². The molecule has 0 aliphatic heterocycles. The van der Waals surface area contributed by atoms with Crippen LogP contribution in [-0.4, -0.2) is 18.4 Å². The molecule has 3 aromatic carbocycles. The molecule has 0 aromatic heterocycles. The number of amides is 2. The Hall–Kier alpha value is -3.60. The highest BCUT2D eigenvalue weighted by atomic mass is 16.5. The highest BCUT2D eigenvalue weighted by molar-refractivity contribution is 6.04. The molecule has 0 saturated carbocycles. The molecule has 0 saturated heterocycles. The van der Waals surface area contributed by atoms with Gasteiger partial charge in [0.15, 0.2) is 6.61 Å². The molecule has 0 aliphatic carbocycles. The molecule has 5 nitrogen and oxygen atoms in total. The number of nitrogens with one attached hydrogen (secondary N) is 2. The van der Waals surface area contributed by atoms with Crippen LogP contribution >= 0.6 is 0 Å². The summed E-state index contributed by atoms with van der Waals surface area (Å²) in [6.07, 6.45) is 0. The van der Waals surface area contributed by atoms with Crippen LogP contribution in [-0.2, 0) is 4.79 Å². The van der Waals surface area contributed by atoms with Crippen molar-refractivity contribution in [2.24, 2.45) is 0 Å². The summed E-state index contributed by atoms with van der Waals surface area (Å²) < 4.78 is 5.61. The smallest absolute Gasteiger partial charge is 0.262 e. The lowest BCUT2D eigenvalue weighted by molar-refractivity contribution is -0.118. The average Bonchev–Trinajstić information content (AvgIpc) is 2.71. The van der Waals surface area contributed by atoms with Gasteiger partial charge >= 0.3 is 0 Å². The third kappa shape index (κ3) is 4.98. The second-order valence-corrected chi connectivity index (χ2v) is 6.43. The van der Waals surface area contributed by atoms with Gasteiger partial charge in [-0.1, -0.05) is 30.3 Å². The van der Waals surface area contributed by atoms with E-state index in [4.69, 9.17) is 4.74 Å². The molecular weight excluding hydrogens is 352 g/mol. The average molecular weight is 374 g/mol. The maximum Gasteiger partial charge on any atom is 0.262 e. The Morgan fingerprint density at radius 2 is 1.43 bits per heavy atom. The SMILES string of the molecule is Cc1cccc(OCC(=O)Nc2ccc(NC(=O)c3ccccc3)cc2)c1C. The van der Waals surface area contributed by atoms with Crippen molar-refractivity contribution in [3.05, 3.63) is 89.5 Å². The van der Waals surface area contributed by atoms with E-state index in [9.17, 15) is 9.59 Å². The zero-order chi connectivity index (χ0) is 19.9. The Balaban J connectivity index is 1.53. The van der Waals surface area contributed by atoms with Gasteiger partial charge in [-0.25, -0.2) is 0 Å². The van der Waals surface area contributed by atoms with Crippen molar-refractivity contribution in [1.82, 2.24) is 0 Å².